The minimum Gasteiger partial charge on any atom is -0.480 e. The Labute approximate surface area is 110 Å². The van der Waals surface area contributed by atoms with Crippen LogP contribution in [0.15, 0.2) is 18.3 Å². The zero-order valence-corrected chi connectivity index (χ0v) is 10.9. The van der Waals surface area contributed by atoms with Gasteiger partial charge in [0.15, 0.2) is 11.2 Å². The molecule has 0 aliphatic carbocycles. The number of aromatic nitrogens is 1. The fraction of sp³-hybridized carbons (Fsp3) is 0.500. The van der Waals surface area contributed by atoms with E-state index in [9.17, 15) is 9.90 Å². The third-order valence-corrected chi connectivity index (χ3v) is 3.18. The number of pyridine rings is 1. The van der Waals surface area contributed by atoms with Gasteiger partial charge < -0.3 is 14.6 Å². The van der Waals surface area contributed by atoms with Crippen molar-refractivity contribution in [1.82, 2.24) is 4.98 Å². The second kappa shape index (κ2) is 4.50. The highest BCUT2D eigenvalue weighted by Crippen LogP contribution is 2.32. The van der Waals surface area contributed by atoms with Crippen molar-refractivity contribution in [1.29, 1.82) is 0 Å². The molecule has 1 aromatic heterocycles. The molecule has 0 saturated carbocycles. The second-order valence-electron chi connectivity index (χ2n) is 4.73. The van der Waals surface area contributed by atoms with Gasteiger partial charge >= 0.3 is 5.97 Å². The molecule has 6 heteroatoms. The molecule has 5 nitrogen and oxygen atoms in total. The van der Waals surface area contributed by atoms with E-state index < -0.39 is 17.2 Å². The Kier molecular flexibility index (Phi) is 3.31. The lowest BCUT2D eigenvalue weighted by Crippen LogP contribution is -2.54. The van der Waals surface area contributed by atoms with Gasteiger partial charge in [-0.15, -0.1) is 0 Å². The normalized spacial score (nSPS) is 21.5. The maximum atomic E-state index is 11.5. The van der Waals surface area contributed by atoms with E-state index in [1.54, 1.807) is 26.0 Å². The van der Waals surface area contributed by atoms with Gasteiger partial charge in [-0.2, -0.15) is 0 Å². The summed E-state index contributed by atoms with van der Waals surface area (Å²) in [6.07, 6.45) is 1.42. The van der Waals surface area contributed by atoms with E-state index >= 15 is 0 Å². The van der Waals surface area contributed by atoms with Crippen LogP contribution in [0.25, 0.3) is 0 Å². The summed E-state index contributed by atoms with van der Waals surface area (Å²) >= 11 is 5.75. The van der Waals surface area contributed by atoms with Gasteiger partial charge in [-0.05, 0) is 26.0 Å². The van der Waals surface area contributed by atoms with Crippen molar-refractivity contribution < 1.29 is 19.4 Å². The molecule has 2 heterocycles. The zero-order valence-electron chi connectivity index (χ0n) is 10.1. The van der Waals surface area contributed by atoms with Crippen LogP contribution in [-0.2, 0) is 19.7 Å². The number of rotatable bonds is 2. The monoisotopic (exact) mass is 271 g/mol. The van der Waals surface area contributed by atoms with E-state index in [4.69, 9.17) is 21.1 Å². The van der Waals surface area contributed by atoms with Crippen LogP contribution in [0.4, 0.5) is 0 Å². The molecule has 0 aromatic carbocycles. The topological polar surface area (TPSA) is 68.7 Å². The number of halogens is 1. The summed E-state index contributed by atoms with van der Waals surface area (Å²) in [4.78, 5) is 15.6. The first-order valence-electron chi connectivity index (χ1n) is 5.49. The summed E-state index contributed by atoms with van der Waals surface area (Å²) in [5, 5.41) is 9.90. The quantitative estimate of drug-likeness (QED) is 0.889. The number of aliphatic carboxylic acids is 1. The van der Waals surface area contributed by atoms with Crippen LogP contribution in [0.1, 0.15) is 19.5 Å². The Morgan fingerprint density at radius 3 is 2.44 bits per heavy atom. The molecule has 1 saturated heterocycles. The average Bonchev–Trinajstić information content (AvgIpc) is 2.30. The number of ether oxygens (including phenoxy) is 2. The predicted molar refractivity (Wildman–Crippen MR) is 64.5 cm³/mol. The Morgan fingerprint density at radius 1 is 1.39 bits per heavy atom. The highest BCUT2D eigenvalue weighted by Gasteiger charge is 2.48. The van der Waals surface area contributed by atoms with Crippen molar-refractivity contribution in [2.75, 3.05) is 13.2 Å². The van der Waals surface area contributed by atoms with Crippen molar-refractivity contribution in [3.63, 3.8) is 0 Å². The predicted octanol–water partition coefficient (Wildman–Crippen LogP) is 1.84. The Hall–Kier alpha value is -1.17. The van der Waals surface area contributed by atoms with E-state index in [0.717, 1.165) is 0 Å². The van der Waals surface area contributed by atoms with Gasteiger partial charge in [0.25, 0.3) is 0 Å². The van der Waals surface area contributed by atoms with Gasteiger partial charge in [-0.3, -0.25) is 9.78 Å². The maximum absolute atomic E-state index is 11.5. The summed E-state index contributed by atoms with van der Waals surface area (Å²) in [6.45, 7) is 3.52. The zero-order chi connectivity index (χ0) is 13.4. The molecule has 18 heavy (non-hydrogen) atoms. The third-order valence-electron chi connectivity index (χ3n) is 2.96. The van der Waals surface area contributed by atoms with Crippen molar-refractivity contribution in [2.24, 2.45) is 0 Å². The lowest BCUT2D eigenvalue weighted by molar-refractivity contribution is -0.269. The first-order valence-corrected chi connectivity index (χ1v) is 5.87. The molecule has 1 aliphatic heterocycles. The molecule has 0 atom stereocenters. The van der Waals surface area contributed by atoms with Crippen LogP contribution in [0, 0.1) is 0 Å². The van der Waals surface area contributed by atoms with E-state index in [1.807, 2.05) is 0 Å². The summed E-state index contributed by atoms with van der Waals surface area (Å²) in [6, 6.07) is 3.19. The molecular weight excluding hydrogens is 258 g/mol. The minimum atomic E-state index is -1.28. The van der Waals surface area contributed by atoms with Crippen LogP contribution >= 0.6 is 11.6 Å². The maximum Gasteiger partial charge on any atom is 0.320 e. The summed E-state index contributed by atoms with van der Waals surface area (Å²) in [7, 11) is 0. The van der Waals surface area contributed by atoms with Gasteiger partial charge in [-0.25, -0.2) is 0 Å². The summed E-state index contributed by atoms with van der Waals surface area (Å²) in [5.41, 5.74) is -0.894. The molecule has 0 radical (unpaired) electrons. The largest absolute Gasteiger partial charge is 0.480 e. The lowest BCUT2D eigenvalue weighted by Gasteiger charge is -2.40. The lowest BCUT2D eigenvalue weighted by atomic mass is 9.84. The van der Waals surface area contributed by atoms with Crippen LogP contribution in [0.2, 0.25) is 5.02 Å². The molecule has 1 N–H and O–H groups in total. The smallest absolute Gasteiger partial charge is 0.320 e. The van der Waals surface area contributed by atoms with Crippen molar-refractivity contribution >= 4 is 17.6 Å². The highest BCUT2D eigenvalue weighted by atomic mass is 35.5. The number of carboxylic acids is 1. The van der Waals surface area contributed by atoms with Crippen LogP contribution in [-0.4, -0.2) is 35.1 Å². The van der Waals surface area contributed by atoms with Crippen molar-refractivity contribution in [3.05, 3.63) is 29.0 Å². The number of carboxylic acid groups (broad SMARTS) is 1. The Morgan fingerprint density at radius 2 is 2.00 bits per heavy atom. The van der Waals surface area contributed by atoms with Gasteiger partial charge in [0.1, 0.15) is 0 Å². The molecule has 0 unspecified atom stereocenters. The third kappa shape index (κ3) is 2.34. The molecule has 0 bridgehead atoms. The Bertz CT molecular complexity index is 448. The number of hydrogen-bond donors (Lipinski definition) is 1. The minimum absolute atomic E-state index is 0.0178. The second-order valence-corrected chi connectivity index (χ2v) is 5.16. The molecule has 1 aliphatic rings. The van der Waals surface area contributed by atoms with E-state index in [2.05, 4.69) is 4.98 Å². The van der Waals surface area contributed by atoms with E-state index in [-0.39, 0.29) is 13.2 Å². The van der Waals surface area contributed by atoms with Gasteiger partial charge in [0, 0.05) is 6.20 Å². The van der Waals surface area contributed by atoms with E-state index in [1.165, 1.54) is 6.20 Å². The van der Waals surface area contributed by atoms with Crippen molar-refractivity contribution in [2.45, 2.75) is 25.0 Å². The summed E-state index contributed by atoms with van der Waals surface area (Å²) < 4.78 is 10.9. The van der Waals surface area contributed by atoms with Gasteiger partial charge in [0.05, 0.1) is 23.9 Å². The number of hydrogen-bond acceptors (Lipinski definition) is 4. The average molecular weight is 272 g/mol. The van der Waals surface area contributed by atoms with Crippen LogP contribution in [0.3, 0.4) is 0 Å². The Balaban J connectivity index is 2.34. The molecule has 1 fully saturated rings. The number of nitrogens with zero attached hydrogens (tertiary/aromatic N) is 1. The molecule has 0 spiro atoms. The van der Waals surface area contributed by atoms with E-state index in [0.29, 0.717) is 10.7 Å². The molecular formula is C12H14ClNO4. The van der Waals surface area contributed by atoms with Gasteiger partial charge in [-0.1, -0.05) is 11.6 Å². The van der Waals surface area contributed by atoms with Crippen LogP contribution < -0.4 is 0 Å². The standard InChI is InChI=1S/C12H14ClNO4/c1-11(2)17-6-12(7-18-11,10(15)16)9-4-3-8(13)5-14-9/h3-5H,6-7H2,1-2H3,(H,15,16). The molecule has 2 rings (SSSR count). The first-order chi connectivity index (χ1) is 8.36. The number of carbonyl (C=O) groups is 1. The fourth-order valence-corrected chi connectivity index (χ4v) is 1.83. The summed E-state index contributed by atoms with van der Waals surface area (Å²) in [5.74, 6) is -1.79. The molecule has 0 amide bonds. The molecule has 98 valence electrons. The highest BCUT2D eigenvalue weighted by molar-refractivity contribution is 6.30. The van der Waals surface area contributed by atoms with Gasteiger partial charge in [0.2, 0.25) is 0 Å². The first kappa shape index (κ1) is 13.3. The molecule has 1 aromatic rings. The fourth-order valence-electron chi connectivity index (χ4n) is 1.72. The SMILES string of the molecule is CC1(C)OCC(C(=O)O)(c2ccc(Cl)cn2)CO1. The van der Waals surface area contributed by atoms with Crippen LogP contribution in [0.5, 0.6) is 0 Å². The van der Waals surface area contributed by atoms with Crippen molar-refractivity contribution in [3.8, 4) is 0 Å².